The van der Waals surface area contributed by atoms with E-state index >= 15 is 0 Å². The van der Waals surface area contributed by atoms with Crippen molar-refractivity contribution >= 4 is 12.6 Å². The summed E-state index contributed by atoms with van der Waals surface area (Å²) in [5.41, 5.74) is 4.59. The summed E-state index contributed by atoms with van der Waals surface area (Å²) in [6.07, 6.45) is 19.8. The highest BCUT2D eigenvalue weighted by molar-refractivity contribution is 7.58. The van der Waals surface area contributed by atoms with Gasteiger partial charge in [0.15, 0.2) is 0 Å². The van der Waals surface area contributed by atoms with Crippen molar-refractivity contribution in [2.45, 2.75) is 115 Å². The van der Waals surface area contributed by atoms with Crippen molar-refractivity contribution in [3.63, 3.8) is 0 Å². The third-order valence-corrected chi connectivity index (χ3v) is 7.04. The molecule has 1 aromatic carbocycles. The van der Waals surface area contributed by atoms with Gasteiger partial charge in [-0.2, -0.15) is 5.26 Å². The number of rotatable bonds is 17. The lowest BCUT2D eigenvalue weighted by Crippen LogP contribution is -2.03. The Morgan fingerprint density at radius 3 is 1.79 bits per heavy atom. The SMILES string of the molecule is CCCCCCCCCCCCCCCCc1c(C)nc([S-])c(C#N)c1-c1ccc(OC)cc1. The van der Waals surface area contributed by atoms with Gasteiger partial charge >= 0.3 is 0 Å². The van der Waals surface area contributed by atoms with Crippen molar-refractivity contribution in [3.8, 4) is 22.9 Å². The molecule has 3 nitrogen and oxygen atoms in total. The Kier molecular flexibility index (Phi) is 13.6. The summed E-state index contributed by atoms with van der Waals surface area (Å²) in [6, 6.07) is 10.2. The molecular formula is C30H43N2OS-. The number of hydrogen-bond acceptors (Lipinski definition) is 4. The Labute approximate surface area is 213 Å². The standard InChI is InChI=1S/C30H44N2OS/c1-4-5-6-7-8-9-10-11-12-13-14-15-16-17-18-27-24(2)32-30(34)28(23-31)29(27)25-19-21-26(33-3)22-20-25/h19-22H,4-18H2,1-3H3,(H,32,34)/p-1. The molecule has 0 aliphatic carbocycles. The molecule has 0 saturated carbocycles. The van der Waals surface area contributed by atoms with Gasteiger partial charge in [-0.1, -0.05) is 108 Å². The molecule has 1 aromatic heterocycles. The fraction of sp³-hybridized carbons (Fsp3) is 0.600. The van der Waals surface area contributed by atoms with E-state index in [2.05, 4.69) is 18.0 Å². The second-order valence-electron chi connectivity index (χ2n) is 9.42. The summed E-state index contributed by atoms with van der Waals surface area (Å²) in [5.74, 6) is 0.806. The van der Waals surface area contributed by atoms with Gasteiger partial charge in [-0.25, -0.2) is 0 Å². The molecule has 0 spiro atoms. The topological polar surface area (TPSA) is 45.9 Å². The fourth-order valence-electron chi connectivity index (χ4n) is 4.70. The number of hydrogen-bond donors (Lipinski definition) is 0. The van der Waals surface area contributed by atoms with E-state index in [1.807, 2.05) is 31.2 Å². The Morgan fingerprint density at radius 1 is 0.824 bits per heavy atom. The molecule has 1 heterocycles. The van der Waals surface area contributed by atoms with Gasteiger partial charge in [0, 0.05) is 11.3 Å². The molecule has 0 radical (unpaired) electrons. The van der Waals surface area contributed by atoms with Crippen LogP contribution >= 0.6 is 0 Å². The van der Waals surface area contributed by atoms with Gasteiger partial charge in [-0.3, -0.25) is 4.98 Å². The highest BCUT2D eigenvalue weighted by atomic mass is 32.1. The summed E-state index contributed by atoms with van der Waals surface area (Å²) in [5, 5.41) is 10.2. The number of nitrogens with zero attached hydrogens (tertiary/aromatic N) is 2. The zero-order valence-corrected chi connectivity index (χ0v) is 22.4. The maximum Gasteiger partial charge on any atom is 0.118 e. The molecule has 0 unspecified atom stereocenters. The molecule has 0 fully saturated rings. The van der Waals surface area contributed by atoms with Gasteiger partial charge in [-0.05, 0) is 43.0 Å². The van der Waals surface area contributed by atoms with Crippen molar-refractivity contribution in [3.05, 3.63) is 41.1 Å². The molecule has 186 valence electrons. The van der Waals surface area contributed by atoms with E-state index < -0.39 is 0 Å². The van der Waals surface area contributed by atoms with Crippen molar-refractivity contribution in [1.82, 2.24) is 4.98 Å². The van der Waals surface area contributed by atoms with Crippen molar-refractivity contribution in [2.24, 2.45) is 0 Å². The number of aromatic nitrogens is 1. The van der Waals surface area contributed by atoms with Crippen LogP contribution in [0.2, 0.25) is 0 Å². The molecule has 0 atom stereocenters. The first-order valence-corrected chi connectivity index (χ1v) is 13.8. The first kappa shape index (κ1) is 28.1. The van der Waals surface area contributed by atoms with Crippen LogP contribution < -0.4 is 4.74 Å². The van der Waals surface area contributed by atoms with E-state index in [1.54, 1.807) is 7.11 Å². The zero-order chi connectivity index (χ0) is 24.6. The Hall–Kier alpha value is -2.12. The molecule has 0 aliphatic rings. The number of aryl methyl sites for hydroxylation is 1. The van der Waals surface area contributed by atoms with Crippen LogP contribution in [0.1, 0.15) is 114 Å². The monoisotopic (exact) mass is 479 g/mol. The first-order valence-electron chi connectivity index (χ1n) is 13.4. The largest absolute Gasteiger partial charge is 0.759 e. The van der Waals surface area contributed by atoms with Crippen LogP contribution in [0.15, 0.2) is 29.3 Å². The molecule has 0 bridgehead atoms. The normalized spacial score (nSPS) is 10.9. The Balaban J connectivity index is 1.78. The van der Waals surface area contributed by atoms with Gasteiger partial charge in [0.2, 0.25) is 0 Å². The van der Waals surface area contributed by atoms with E-state index in [9.17, 15) is 5.26 Å². The molecular weight excluding hydrogens is 436 g/mol. The predicted octanol–water partition coefficient (Wildman–Crippen LogP) is 8.87. The lowest BCUT2D eigenvalue weighted by atomic mass is 9.91. The number of unbranched alkanes of at least 4 members (excludes halogenated alkanes) is 13. The van der Waals surface area contributed by atoms with E-state index in [4.69, 9.17) is 17.4 Å². The van der Waals surface area contributed by atoms with Crippen LogP contribution in [0.4, 0.5) is 0 Å². The zero-order valence-electron chi connectivity index (χ0n) is 21.6. The number of nitriles is 1. The highest BCUT2D eigenvalue weighted by Crippen LogP contribution is 2.33. The molecule has 0 saturated heterocycles. The van der Waals surface area contributed by atoms with E-state index in [0.717, 1.165) is 41.0 Å². The minimum Gasteiger partial charge on any atom is -0.759 e. The molecule has 2 rings (SSSR count). The number of ether oxygens (including phenoxy) is 1. The van der Waals surface area contributed by atoms with Crippen LogP contribution in [0.25, 0.3) is 11.1 Å². The van der Waals surface area contributed by atoms with Crippen LogP contribution in [0.5, 0.6) is 5.75 Å². The van der Waals surface area contributed by atoms with Gasteiger partial charge in [0.1, 0.15) is 5.75 Å². The number of benzene rings is 1. The van der Waals surface area contributed by atoms with Crippen molar-refractivity contribution in [2.75, 3.05) is 7.11 Å². The summed E-state index contributed by atoms with van der Waals surface area (Å²) in [6.45, 7) is 4.30. The van der Waals surface area contributed by atoms with E-state index in [1.165, 1.54) is 83.5 Å². The predicted molar refractivity (Wildman–Crippen MR) is 145 cm³/mol. The van der Waals surface area contributed by atoms with Crippen molar-refractivity contribution < 1.29 is 4.74 Å². The van der Waals surface area contributed by atoms with Crippen LogP contribution in [0, 0.1) is 18.3 Å². The molecule has 0 N–H and O–H groups in total. The van der Waals surface area contributed by atoms with E-state index in [0.29, 0.717) is 10.6 Å². The third-order valence-electron chi connectivity index (χ3n) is 6.74. The third kappa shape index (κ3) is 9.26. The molecule has 0 aliphatic heterocycles. The van der Waals surface area contributed by atoms with Gasteiger partial charge in [0.05, 0.1) is 18.7 Å². The van der Waals surface area contributed by atoms with Crippen LogP contribution in [-0.4, -0.2) is 12.1 Å². The summed E-state index contributed by atoms with van der Waals surface area (Å²) in [7, 11) is 1.66. The molecule has 2 aromatic rings. The second kappa shape index (κ2) is 16.5. The first-order chi connectivity index (χ1) is 16.6. The average Bonchev–Trinajstić information content (AvgIpc) is 2.85. The lowest BCUT2D eigenvalue weighted by Gasteiger charge is -2.20. The van der Waals surface area contributed by atoms with Crippen LogP contribution in [-0.2, 0) is 19.0 Å². The van der Waals surface area contributed by atoms with Crippen LogP contribution in [0.3, 0.4) is 0 Å². The maximum atomic E-state index is 9.79. The summed E-state index contributed by atoms with van der Waals surface area (Å²) in [4.78, 5) is 4.52. The number of pyridine rings is 1. The minimum absolute atomic E-state index is 0.399. The number of methoxy groups -OCH3 is 1. The second-order valence-corrected chi connectivity index (χ2v) is 9.80. The average molecular weight is 480 g/mol. The Morgan fingerprint density at radius 2 is 1.32 bits per heavy atom. The summed E-state index contributed by atoms with van der Waals surface area (Å²) < 4.78 is 5.30. The quantitative estimate of drug-likeness (QED) is 0.168. The smallest absolute Gasteiger partial charge is 0.118 e. The minimum atomic E-state index is 0.399. The van der Waals surface area contributed by atoms with Gasteiger partial charge < -0.3 is 17.4 Å². The lowest BCUT2D eigenvalue weighted by molar-refractivity contribution is 0.415. The molecule has 4 heteroatoms. The van der Waals surface area contributed by atoms with Crippen molar-refractivity contribution in [1.29, 1.82) is 5.26 Å². The van der Waals surface area contributed by atoms with Gasteiger partial charge in [0.25, 0.3) is 0 Å². The molecule has 34 heavy (non-hydrogen) atoms. The van der Waals surface area contributed by atoms with Gasteiger partial charge in [-0.15, -0.1) is 0 Å². The highest BCUT2D eigenvalue weighted by Gasteiger charge is 2.15. The maximum absolute atomic E-state index is 9.79. The Bertz CT molecular complexity index is 886. The summed E-state index contributed by atoms with van der Waals surface area (Å²) >= 11 is 5.42. The fourth-order valence-corrected chi connectivity index (χ4v) is 4.98. The van der Waals surface area contributed by atoms with E-state index in [-0.39, 0.29) is 0 Å². The molecule has 0 amide bonds.